The number of hydrogen-bond acceptors (Lipinski definition) is 4. The van der Waals surface area contributed by atoms with Crippen LogP contribution in [0.4, 0.5) is 8.78 Å². The quantitative estimate of drug-likeness (QED) is 0.636. The molecule has 7 heteroatoms. The Morgan fingerprint density at radius 2 is 2.40 bits per heavy atom. The lowest BCUT2D eigenvalue weighted by Gasteiger charge is -2.06. The summed E-state index contributed by atoms with van der Waals surface area (Å²) in [4.78, 5) is 19.4. The standard InChI is InChI=1S/C8H8F2N2O2S/c1-14-12-6(13)5-3-2-4-11-7(5)15-8(9)10/h2-4,8H,1H3,(H,12,13). The van der Waals surface area contributed by atoms with Crippen LogP contribution in [0.3, 0.4) is 0 Å². The van der Waals surface area contributed by atoms with Gasteiger partial charge in [0.1, 0.15) is 5.03 Å². The van der Waals surface area contributed by atoms with Crippen LogP contribution < -0.4 is 5.48 Å². The number of aromatic nitrogens is 1. The molecule has 1 aromatic rings. The van der Waals surface area contributed by atoms with Crippen LogP contribution in [-0.4, -0.2) is 23.8 Å². The largest absolute Gasteiger partial charge is 0.290 e. The van der Waals surface area contributed by atoms with E-state index in [9.17, 15) is 13.6 Å². The number of hydroxylamine groups is 1. The summed E-state index contributed by atoms with van der Waals surface area (Å²) in [5, 5.41) is -0.0259. The van der Waals surface area contributed by atoms with E-state index in [2.05, 4.69) is 9.82 Å². The summed E-state index contributed by atoms with van der Waals surface area (Å²) in [5.41, 5.74) is 2.10. The van der Waals surface area contributed by atoms with E-state index in [-0.39, 0.29) is 22.4 Å². The summed E-state index contributed by atoms with van der Waals surface area (Å²) in [6, 6.07) is 2.88. The highest BCUT2D eigenvalue weighted by Crippen LogP contribution is 2.25. The Kier molecular flexibility index (Phi) is 4.44. The normalized spacial score (nSPS) is 10.4. The Bertz CT molecular complexity index is 349. The lowest BCUT2D eigenvalue weighted by atomic mass is 10.3. The Hall–Kier alpha value is -1.21. The number of rotatable bonds is 4. The molecule has 4 nitrogen and oxygen atoms in total. The molecule has 0 aliphatic rings. The fourth-order valence-electron chi connectivity index (χ4n) is 0.890. The van der Waals surface area contributed by atoms with Crippen molar-refractivity contribution in [1.29, 1.82) is 0 Å². The minimum Gasteiger partial charge on any atom is -0.277 e. The fraction of sp³-hybridized carbons (Fsp3) is 0.250. The van der Waals surface area contributed by atoms with Crippen LogP contribution in [-0.2, 0) is 4.84 Å². The number of nitrogens with one attached hydrogen (secondary N) is 1. The molecule has 0 aliphatic heterocycles. The molecule has 0 saturated carbocycles. The van der Waals surface area contributed by atoms with Gasteiger partial charge in [-0.1, -0.05) is 0 Å². The molecule has 0 aromatic carbocycles. The van der Waals surface area contributed by atoms with Gasteiger partial charge in [-0.2, -0.15) is 8.78 Å². The van der Waals surface area contributed by atoms with Gasteiger partial charge in [-0.15, -0.1) is 0 Å². The highest BCUT2D eigenvalue weighted by Gasteiger charge is 2.16. The van der Waals surface area contributed by atoms with E-state index in [1.54, 1.807) is 0 Å². The molecule has 15 heavy (non-hydrogen) atoms. The molecular weight excluding hydrogens is 226 g/mol. The third kappa shape index (κ3) is 3.45. The van der Waals surface area contributed by atoms with E-state index < -0.39 is 11.7 Å². The first-order valence-corrected chi connectivity index (χ1v) is 4.76. The van der Waals surface area contributed by atoms with Gasteiger partial charge in [0.15, 0.2) is 0 Å². The van der Waals surface area contributed by atoms with Gasteiger partial charge in [0.05, 0.1) is 12.7 Å². The zero-order chi connectivity index (χ0) is 11.3. The Balaban J connectivity index is 2.90. The van der Waals surface area contributed by atoms with Crippen LogP contribution in [0.2, 0.25) is 0 Å². The molecule has 0 bridgehead atoms. The van der Waals surface area contributed by atoms with E-state index in [1.165, 1.54) is 25.4 Å². The third-order valence-electron chi connectivity index (χ3n) is 1.41. The first-order valence-electron chi connectivity index (χ1n) is 3.88. The van der Waals surface area contributed by atoms with Gasteiger partial charge in [0.25, 0.3) is 11.7 Å². The topological polar surface area (TPSA) is 51.2 Å². The monoisotopic (exact) mass is 234 g/mol. The first kappa shape index (κ1) is 11.9. The van der Waals surface area contributed by atoms with Crippen LogP contribution in [0.5, 0.6) is 0 Å². The second-order valence-corrected chi connectivity index (χ2v) is 3.35. The van der Waals surface area contributed by atoms with Gasteiger partial charge >= 0.3 is 0 Å². The molecule has 0 atom stereocenters. The van der Waals surface area contributed by atoms with E-state index in [4.69, 9.17) is 0 Å². The Morgan fingerprint density at radius 3 is 3.00 bits per heavy atom. The fourth-order valence-corrected chi connectivity index (χ4v) is 1.47. The van der Waals surface area contributed by atoms with Crippen LogP contribution >= 0.6 is 11.8 Å². The molecule has 0 unspecified atom stereocenters. The van der Waals surface area contributed by atoms with Gasteiger partial charge in [-0.25, -0.2) is 10.5 Å². The van der Waals surface area contributed by atoms with Gasteiger partial charge < -0.3 is 0 Å². The number of carbonyl (C=O) groups is 1. The molecule has 1 heterocycles. The van der Waals surface area contributed by atoms with Crippen molar-refractivity contribution in [1.82, 2.24) is 10.5 Å². The van der Waals surface area contributed by atoms with Gasteiger partial charge in [-0.05, 0) is 23.9 Å². The molecule has 0 radical (unpaired) electrons. The van der Waals surface area contributed by atoms with E-state index in [0.717, 1.165) is 0 Å². The summed E-state index contributed by atoms with van der Waals surface area (Å²) in [7, 11) is 1.26. The highest BCUT2D eigenvalue weighted by molar-refractivity contribution is 7.99. The number of nitrogens with zero attached hydrogens (tertiary/aromatic N) is 1. The van der Waals surface area contributed by atoms with Crippen molar-refractivity contribution in [3.8, 4) is 0 Å². The maximum Gasteiger partial charge on any atom is 0.290 e. The number of alkyl halides is 2. The minimum absolute atomic E-state index is 0.0259. The van der Waals surface area contributed by atoms with Crippen LogP contribution in [0.25, 0.3) is 0 Å². The summed E-state index contributed by atoms with van der Waals surface area (Å²) < 4.78 is 24.2. The third-order valence-corrected chi connectivity index (χ3v) is 2.14. The molecule has 0 saturated heterocycles. The van der Waals surface area contributed by atoms with Crippen LogP contribution in [0, 0.1) is 0 Å². The van der Waals surface area contributed by atoms with Crippen molar-refractivity contribution in [3.05, 3.63) is 23.9 Å². The number of amides is 1. The van der Waals surface area contributed by atoms with Crippen LogP contribution in [0.15, 0.2) is 23.4 Å². The average molecular weight is 234 g/mol. The molecule has 0 aliphatic carbocycles. The maximum absolute atomic E-state index is 12.1. The molecule has 82 valence electrons. The van der Waals surface area contributed by atoms with Crippen molar-refractivity contribution in [2.45, 2.75) is 10.8 Å². The molecule has 1 rings (SSSR count). The van der Waals surface area contributed by atoms with Crippen molar-refractivity contribution in [2.75, 3.05) is 7.11 Å². The molecule has 1 amide bonds. The van der Waals surface area contributed by atoms with Crippen molar-refractivity contribution >= 4 is 17.7 Å². The lowest BCUT2D eigenvalue weighted by Crippen LogP contribution is -2.22. The number of halogens is 2. The number of pyridine rings is 1. The summed E-state index contributed by atoms with van der Waals surface area (Å²) in [6.07, 6.45) is 1.34. The highest BCUT2D eigenvalue weighted by atomic mass is 32.2. The lowest BCUT2D eigenvalue weighted by molar-refractivity contribution is 0.0534. The van der Waals surface area contributed by atoms with Gasteiger partial charge in [0, 0.05) is 6.20 Å². The maximum atomic E-state index is 12.1. The van der Waals surface area contributed by atoms with E-state index >= 15 is 0 Å². The summed E-state index contributed by atoms with van der Waals surface area (Å²) in [6.45, 7) is 0. The zero-order valence-corrected chi connectivity index (χ0v) is 8.55. The molecular formula is C8H8F2N2O2S. The molecule has 0 fully saturated rings. The second kappa shape index (κ2) is 5.62. The van der Waals surface area contributed by atoms with Crippen molar-refractivity contribution in [2.24, 2.45) is 0 Å². The van der Waals surface area contributed by atoms with Gasteiger partial charge in [-0.3, -0.25) is 9.63 Å². The molecule has 1 aromatic heterocycles. The number of hydrogen-bond donors (Lipinski definition) is 1. The van der Waals surface area contributed by atoms with Crippen molar-refractivity contribution in [3.63, 3.8) is 0 Å². The molecule has 0 spiro atoms. The van der Waals surface area contributed by atoms with E-state index in [1.807, 2.05) is 5.48 Å². The Labute approximate surface area is 89.0 Å². The number of thioether (sulfide) groups is 1. The van der Waals surface area contributed by atoms with Crippen LogP contribution in [0.1, 0.15) is 10.4 Å². The minimum atomic E-state index is -2.62. The predicted molar refractivity (Wildman–Crippen MR) is 50.6 cm³/mol. The molecule has 1 N–H and O–H groups in total. The van der Waals surface area contributed by atoms with Crippen molar-refractivity contribution < 1.29 is 18.4 Å². The Morgan fingerprint density at radius 1 is 1.67 bits per heavy atom. The predicted octanol–water partition coefficient (Wildman–Crippen LogP) is 1.69. The average Bonchev–Trinajstić information content (AvgIpc) is 2.18. The smallest absolute Gasteiger partial charge is 0.277 e. The zero-order valence-electron chi connectivity index (χ0n) is 7.74. The van der Waals surface area contributed by atoms with E-state index in [0.29, 0.717) is 0 Å². The second-order valence-electron chi connectivity index (χ2n) is 2.37. The SMILES string of the molecule is CONC(=O)c1cccnc1SC(F)F. The summed E-state index contributed by atoms with van der Waals surface area (Å²) >= 11 is 0.218. The first-order chi connectivity index (χ1) is 7.15. The number of carbonyl (C=O) groups excluding carboxylic acids is 1. The van der Waals surface area contributed by atoms with Gasteiger partial charge in [0.2, 0.25) is 0 Å². The summed E-state index contributed by atoms with van der Waals surface area (Å²) in [5.74, 6) is -3.22.